The zero-order valence-corrected chi connectivity index (χ0v) is 9.08. The highest BCUT2D eigenvalue weighted by Crippen LogP contribution is 2.04. The molecule has 1 amide bonds. The highest BCUT2D eigenvalue weighted by Gasteiger charge is 2.14. The van der Waals surface area contributed by atoms with E-state index >= 15 is 0 Å². The number of aromatic amines is 1. The van der Waals surface area contributed by atoms with Crippen LogP contribution in [0, 0.1) is 0 Å². The minimum absolute atomic E-state index is 0.0244. The fourth-order valence-corrected chi connectivity index (χ4v) is 1.26. The molecule has 1 atom stereocenters. The molecule has 0 aliphatic heterocycles. The predicted molar refractivity (Wildman–Crippen MR) is 51.2 cm³/mol. The van der Waals surface area contributed by atoms with Crippen molar-refractivity contribution in [3.8, 4) is 0 Å². The normalized spacial score (nSPS) is 12.5. The molecular weight excluding hydrogens is 236 g/mol. The molecule has 0 saturated heterocycles. The van der Waals surface area contributed by atoms with Crippen molar-refractivity contribution in [2.24, 2.45) is 0 Å². The molecule has 72 valence electrons. The minimum atomic E-state index is -0.166. The third kappa shape index (κ3) is 2.80. The van der Waals surface area contributed by atoms with Crippen molar-refractivity contribution >= 4 is 21.8 Å². The third-order valence-electron chi connectivity index (χ3n) is 1.57. The molecule has 1 aromatic heterocycles. The molecule has 0 fully saturated rings. The Morgan fingerprint density at radius 3 is 3.00 bits per heavy atom. The lowest BCUT2D eigenvalue weighted by Crippen LogP contribution is -2.31. The number of halogens is 1. The highest BCUT2D eigenvalue weighted by molar-refractivity contribution is 9.10. The number of hydrogen-bond donors (Lipinski definition) is 1. The van der Waals surface area contributed by atoms with Crippen LogP contribution in [-0.2, 0) is 11.3 Å². The van der Waals surface area contributed by atoms with Gasteiger partial charge >= 0.3 is 0 Å². The second-order valence-electron chi connectivity index (χ2n) is 2.74. The van der Waals surface area contributed by atoms with Crippen molar-refractivity contribution < 1.29 is 4.79 Å². The van der Waals surface area contributed by atoms with Crippen LogP contribution < -0.4 is 0 Å². The summed E-state index contributed by atoms with van der Waals surface area (Å²) in [5, 5.41) is 6.39. The van der Waals surface area contributed by atoms with Crippen LogP contribution in [0.15, 0.2) is 6.33 Å². The van der Waals surface area contributed by atoms with E-state index in [0.717, 1.165) is 0 Å². The summed E-state index contributed by atoms with van der Waals surface area (Å²) in [6.07, 6.45) is 1.42. The molecule has 0 radical (unpaired) electrons. The number of H-pyrrole nitrogens is 1. The van der Waals surface area contributed by atoms with Crippen LogP contribution in [0.25, 0.3) is 0 Å². The van der Waals surface area contributed by atoms with Gasteiger partial charge in [0.1, 0.15) is 12.2 Å². The molecule has 0 bridgehead atoms. The maximum absolute atomic E-state index is 11.4. The van der Waals surface area contributed by atoms with E-state index in [2.05, 4.69) is 31.1 Å². The molecule has 13 heavy (non-hydrogen) atoms. The van der Waals surface area contributed by atoms with Gasteiger partial charge in [0.25, 0.3) is 0 Å². The van der Waals surface area contributed by atoms with Gasteiger partial charge in [-0.15, -0.1) is 0 Å². The Morgan fingerprint density at radius 1 is 1.85 bits per heavy atom. The van der Waals surface area contributed by atoms with E-state index in [0.29, 0.717) is 12.4 Å². The Labute approximate surface area is 84.7 Å². The molecule has 0 aliphatic rings. The van der Waals surface area contributed by atoms with Crippen molar-refractivity contribution in [3.05, 3.63) is 12.2 Å². The Morgan fingerprint density at radius 2 is 2.54 bits per heavy atom. The first-order valence-electron chi connectivity index (χ1n) is 3.84. The highest BCUT2D eigenvalue weighted by atomic mass is 79.9. The Balaban J connectivity index is 2.51. The lowest BCUT2D eigenvalue weighted by Gasteiger charge is -2.16. The fraction of sp³-hybridized carbons (Fsp3) is 0.571. The molecule has 1 unspecified atom stereocenters. The summed E-state index contributed by atoms with van der Waals surface area (Å²) in [5.74, 6) is 0.709. The molecular formula is C7H11BrN4O. The van der Waals surface area contributed by atoms with Gasteiger partial charge in [0.15, 0.2) is 0 Å². The molecule has 1 heterocycles. The first-order chi connectivity index (χ1) is 6.11. The fourth-order valence-electron chi connectivity index (χ4n) is 0.913. The third-order valence-corrected chi connectivity index (χ3v) is 1.96. The Hall–Kier alpha value is -0.910. The van der Waals surface area contributed by atoms with Crippen molar-refractivity contribution in [2.75, 3.05) is 7.05 Å². The zero-order chi connectivity index (χ0) is 9.84. The van der Waals surface area contributed by atoms with Crippen LogP contribution >= 0.6 is 15.9 Å². The van der Waals surface area contributed by atoms with E-state index in [1.165, 1.54) is 6.33 Å². The largest absolute Gasteiger partial charge is 0.337 e. The summed E-state index contributed by atoms with van der Waals surface area (Å²) in [6, 6.07) is 0. The van der Waals surface area contributed by atoms with E-state index in [-0.39, 0.29) is 10.7 Å². The molecule has 1 rings (SSSR count). The molecule has 1 N–H and O–H groups in total. The van der Waals surface area contributed by atoms with E-state index in [1.54, 1.807) is 18.9 Å². The number of aromatic nitrogens is 3. The van der Waals surface area contributed by atoms with E-state index in [9.17, 15) is 4.79 Å². The van der Waals surface area contributed by atoms with Crippen LogP contribution in [0.5, 0.6) is 0 Å². The van der Waals surface area contributed by atoms with Gasteiger partial charge in [0, 0.05) is 7.05 Å². The van der Waals surface area contributed by atoms with Crippen LogP contribution in [-0.4, -0.2) is 37.9 Å². The number of carbonyl (C=O) groups is 1. The Kier molecular flexibility index (Phi) is 3.41. The maximum atomic E-state index is 11.4. The topological polar surface area (TPSA) is 61.9 Å². The summed E-state index contributed by atoms with van der Waals surface area (Å²) >= 11 is 3.21. The zero-order valence-electron chi connectivity index (χ0n) is 7.49. The van der Waals surface area contributed by atoms with Gasteiger partial charge in [0.05, 0.1) is 11.4 Å². The van der Waals surface area contributed by atoms with Crippen molar-refractivity contribution in [1.29, 1.82) is 0 Å². The Bertz CT molecular complexity index is 272. The van der Waals surface area contributed by atoms with E-state index in [1.807, 2.05) is 0 Å². The first kappa shape index (κ1) is 10.2. The van der Waals surface area contributed by atoms with Crippen LogP contribution in [0.4, 0.5) is 0 Å². The molecule has 1 aromatic rings. The summed E-state index contributed by atoms with van der Waals surface area (Å²) in [5.41, 5.74) is 0. The van der Waals surface area contributed by atoms with Gasteiger partial charge in [-0.25, -0.2) is 4.98 Å². The first-order valence-corrected chi connectivity index (χ1v) is 4.76. The summed E-state index contributed by atoms with van der Waals surface area (Å²) in [7, 11) is 1.72. The average Bonchev–Trinajstić information content (AvgIpc) is 2.55. The predicted octanol–water partition coefficient (Wildman–Crippen LogP) is 0.546. The smallest absolute Gasteiger partial charge is 0.236 e. The van der Waals surface area contributed by atoms with Gasteiger partial charge in [-0.3, -0.25) is 9.89 Å². The monoisotopic (exact) mass is 246 g/mol. The van der Waals surface area contributed by atoms with Gasteiger partial charge in [0.2, 0.25) is 5.91 Å². The van der Waals surface area contributed by atoms with Crippen LogP contribution in [0.1, 0.15) is 12.7 Å². The summed E-state index contributed by atoms with van der Waals surface area (Å²) in [6.45, 7) is 2.24. The van der Waals surface area contributed by atoms with Gasteiger partial charge in [-0.2, -0.15) is 5.10 Å². The number of hydrogen-bond acceptors (Lipinski definition) is 3. The SMILES string of the molecule is CC(Br)C(=O)N(C)Cc1ncn[nH]1. The maximum Gasteiger partial charge on any atom is 0.236 e. The number of nitrogens with zero attached hydrogens (tertiary/aromatic N) is 3. The van der Waals surface area contributed by atoms with Crippen molar-refractivity contribution in [3.63, 3.8) is 0 Å². The van der Waals surface area contributed by atoms with E-state index in [4.69, 9.17) is 0 Å². The van der Waals surface area contributed by atoms with Crippen LogP contribution in [0.2, 0.25) is 0 Å². The molecule has 0 aromatic carbocycles. The minimum Gasteiger partial charge on any atom is -0.337 e. The molecule has 0 spiro atoms. The van der Waals surface area contributed by atoms with Gasteiger partial charge in [-0.1, -0.05) is 15.9 Å². The second kappa shape index (κ2) is 4.36. The number of rotatable bonds is 3. The number of alkyl halides is 1. The number of nitrogens with one attached hydrogen (secondary N) is 1. The van der Waals surface area contributed by atoms with Gasteiger partial charge < -0.3 is 4.90 Å². The van der Waals surface area contributed by atoms with Crippen molar-refractivity contribution in [2.45, 2.75) is 18.3 Å². The quantitative estimate of drug-likeness (QED) is 0.793. The van der Waals surface area contributed by atoms with Gasteiger partial charge in [-0.05, 0) is 6.92 Å². The molecule has 0 saturated carbocycles. The molecule has 0 aliphatic carbocycles. The summed E-state index contributed by atoms with van der Waals surface area (Å²) < 4.78 is 0. The standard InChI is InChI=1S/C7H11BrN4O/c1-5(8)7(13)12(2)3-6-9-4-10-11-6/h4-5H,3H2,1-2H3,(H,9,10,11). The lowest BCUT2D eigenvalue weighted by molar-refractivity contribution is -0.129. The van der Waals surface area contributed by atoms with Crippen LogP contribution in [0.3, 0.4) is 0 Å². The summed E-state index contributed by atoms with van der Waals surface area (Å²) in [4.78, 5) is 16.7. The molecule has 5 nitrogen and oxygen atoms in total. The number of amides is 1. The molecule has 6 heteroatoms. The number of carbonyl (C=O) groups excluding carboxylic acids is 1. The second-order valence-corrected chi connectivity index (χ2v) is 4.12. The lowest BCUT2D eigenvalue weighted by atomic mass is 10.4. The van der Waals surface area contributed by atoms with Crippen molar-refractivity contribution in [1.82, 2.24) is 20.1 Å². The average molecular weight is 247 g/mol. The van der Waals surface area contributed by atoms with E-state index < -0.39 is 0 Å².